The first-order valence-electron chi connectivity index (χ1n) is 6.09. The van der Waals surface area contributed by atoms with Crippen LogP contribution in [0.2, 0.25) is 0 Å². The first-order chi connectivity index (χ1) is 8.58. The van der Waals surface area contributed by atoms with E-state index in [2.05, 4.69) is 12.2 Å². The average molecular weight is 250 g/mol. The highest BCUT2D eigenvalue weighted by atomic mass is 16.5. The second-order valence-corrected chi connectivity index (χ2v) is 4.59. The maximum absolute atomic E-state index is 10.8. The van der Waals surface area contributed by atoms with Crippen molar-refractivity contribution in [2.45, 2.75) is 31.9 Å². The molecule has 0 radical (unpaired) electrons. The molecule has 1 aliphatic heterocycles. The van der Waals surface area contributed by atoms with Gasteiger partial charge in [0.25, 0.3) is 0 Å². The molecule has 0 aromatic heterocycles. The van der Waals surface area contributed by atoms with Crippen LogP contribution in [0.5, 0.6) is 0 Å². The summed E-state index contributed by atoms with van der Waals surface area (Å²) in [4.78, 5) is 10.8. The number of hydrogen-bond donors (Lipinski definition) is 3. The Kier molecular flexibility index (Phi) is 3.72. The van der Waals surface area contributed by atoms with Gasteiger partial charge < -0.3 is 20.9 Å². The van der Waals surface area contributed by atoms with E-state index < -0.39 is 5.97 Å². The van der Waals surface area contributed by atoms with Gasteiger partial charge in [-0.05, 0) is 38.0 Å². The van der Waals surface area contributed by atoms with E-state index in [-0.39, 0.29) is 23.4 Å². The lowest BCUT2D eigenvalue weighted by Gasteiger charge is -2.21. The highest BCUT2D eigenvalue weighted by Gasteiger charge is 2.22. The van der Waals surface area contributed by atoms with Crippen LogP contribution in [0.3, 0.4) is 0 Å². The van der Waals surface area contributed by atoms with Crippen LogP contribution >= 0.6 is 0 Å². The van der Waals surface area contributed by atoms with Crippen LogP contribution in [0.4, 0.5) is 11.4 Å². The van der Waals surface area contributed by atoms with Gasteiger partial charge in [0.2, 0.25) is 0 Å². The second-order valence-electron chi connectivity index (χ2n) is 4.59. The number of carboxylic acids is 1. The SMILES string of the molecule is CC(Nc1ccc(C(=O)O)c(N)c1)C1CCCO1. The van der Waals surface area contributed by atoms with Crippen molar-refractivity contribution >= 4 is 17.3 Å². The van der Waals surface area contributed by atoms with Crippen molar-refractivity contribution in [2.75, 3.05) is 17.7 Å². The van der Waals surface area contributed by atoms with Crippen LogP contribution in [-0.4, -0.2) is 29.8 Å². The predicted octanol–water partition coefficient (Wildman–Crippen LogP) is 1.95. The van der Waals surface area contributed by atoms with Crippen molar-refractivity contribution in [3.05, 3.63) is 23.8 Å². The average Bonchev–Trinajstić information content (AvgIpc) is 2.81. The number of benzene rings is 1. The van der Waals surface area contributed by atoms with E-state index in [9.17, 15) is 4.79 Å². The second kappa shape index (κ2) is 5.27. The summed E-state index contributed by atoms with van der Waals surface area (Å²) in [5.74, 6) is -1.01. The molecular formula is C13H18N2O3. The summed E-state index contributed by atoms with van der Waals surface area (Å²) >= 11 is 0. The smallest absolute Gasteiger partial charge is 0.337 e. The zero-order chi connectivity index (χ0) is 13.1. The molecule has 5 nitrogen and oxygen atoms in total. The molecule has 0 spiro atoms. The standard InChI is InChI=1S/C13H18N2O3/c1-8(12-3-2-6-18-12)15-9-4-5-10(13(16)17)11(14)7-9/h4-5,7-8,12,15H,2-3,6,14H2,1H3,(H,16,17). The molecular weight excluding hydrogens is 232 g/mol. The molecule has 2 unspecified atom stereocenters. The van der Waals surface area contributed by atoms with Gasteiger partial charge in [0.15, 0.2) is 0 Å². The molecule has 1 aromatic rings. The van der Waals surface area contributed by atoms with Crippen LogP contribution < -0.4 is 11.1 Å². The molecule has 4 N–H and O–H groups in total. The summed E-state index contributed by atoms with van der Waals surface area (Å²) in [7, 11) is 0. The molecule has 2 atom stereocenters. The molecule has 1 aromatic carbocycles. The van der Waals surface area contributed by atoms with Gasteiger partial charge >= 0.3 is 5.97 Å². The number of ether oxygens (including phenoxy) is 1. The number of carbonyl (C=O) groups is 1. The number of hydrogen-bond acceptors (Lipinski definition) is 4. The first-order valence-corrected chi connectivity index (χ1v) is 6.09. The van der Waals surface area contributed by atoms with Gasteiger partial charge in [-0.25, -0.2) is 4.79 Å². The molecule has 98 valence electrons. The summed E-state index contributed by atoms with van der Waals surface area (Å²) in [5.41, 5.74) is 6.92. The topological polar surface area (TPSA) is 84.6 Å². The van der Waals surface area contributed by atoms with Crippen molar-refractivity contribution < 1.29 is 14.6 Å². The van der Waals surface area contributed by atoms with Crippen molar-refractivity contribution in [3.63, 3.8) is 0 Å². The van der Waals surface area contributed by atoms with Gasteiger partial charge in [0.05, 0.1) is 11.7 Å². The summed E-state index contributed by atoms with van der Waals surface area (Å²) < 4.78 is 5.59. The van der Waals surface area contributed by atoms with E-state index in [0.717, 1.165) is 25.1 Å². The minimum absolute atomic E-state index is 0.130. The Hall–Kier alpha value is -1.75. The van der Waals surface area contributed by atoms with Crippen molar-refractivity contribution in [1.82, 2.24) is 0 Å². The monoisotopic (exact) mass is 250 g/mol. The summed E-state index contributed by atoms with van der Waals surface area (Å²) in [6, 6.07) is 5.07. The quantitative estimate of drug-likeness (QED) is 0.711. The van der Waals surface area contributed by atoms with E-state index in [0.29, 0.717) is 0 Å². The third-order valence-electron chi connectivity index (χ3n) is 3.20. The van der Waals surface area contributed by atoms with Crippen LogP contribution in [0.15, 0.2) is 18.2 Å². The minimum Gasteiger partial charge on any atom is -0.478 e. The Bertz CT molecular complexity index is 442. The fraction of sp³-hybridized carbons (Fsp3) is 0.462. The maximum Gasteiger partial charge on any atom is 0.337 e. The molecule has 18 heavy (non-hydrogen) atoms. The van der Waals surface area contributed by atoms with E-state index in [1.54, 1.807) is 12.1 Å². The summed E-state index contributed by atoms with van der Waals surface area (Å²) in [5, 5.41) is 12.2. The Morgan fingerprint density at radius 2 is 2.39 bits per heavy atom. The number of nitrogens with one attached hydrogen (secondary N) is 1. The van der Waals surface area contributed by atoms with Crippen LogP contribution in [0.1, 0.15) is 30.1 Å². The predicted molar refractivity (Wildman–Crippen MR) is 69.9 cm³/mol. The fourth-order valence-electron chi connectivity index (χ4n) is 2.20. The number of rotatable bonds is 4. The molecule has 1 aliphatic rings. The normalized spacial score (nSPS) is 20.6. The van der Waals surface area contributed by atoms with Gasteiger partial charge in [-0.2, -0.15) is 0 Å². The fourth-order valence-corrected chi connectivity index (χ4v) is 2.20. The molecule has 0 amide bonds. The molecule has 1 heterocycles. The molecule has 0 bridgehead atoms. The Balaban J connectivity index is 2.05. The minimum atomic E-state index is -1.01. The Labute approximate surface area is 106 Å². The zero-order valence-corrected chi connectivity index (χ0v) is 10.3. The van der Waals surface area contributed by atoms with Crippen LogP contribution in [0.25, 0.3) is 0 Å². The number of aromatic carboxylic acids is 1. The lowest BCUT2D eigenvalue weighted by atomic mass is 10.1. The largest absolute Gasteiger partial charge is 0.478 e. The van der Waals surface area contributed by atoms with E-state index >= 15 is 0 Å². The van der Waals surface area contributed by atoms with E-state index in [1.165, 1.54) is 6.07 Å². The van der Waals surface area contributed by atoms with Crippen molar-refractivity contribution in [3.8, 4) is 0 Å². The third-order valence-corrected chi connectivity index (χ3v) is 3.20. The number of nitrogen functional groups attached to an aromatic ring is 1. The molecule has 5 heteroatoms. The molecule has 2 rings (SSSR count). The number of carboxylic acid groups (broad SMARTS) is 1. The van der Waals surface area contributed by atoms with Crippen molar-refractivity contribution in [2.24, 2.45) is 0 Å². The zero-order valence-electron chi connectivity index (χ0n) is 10.3. The highest BCUT2D eigenvalue weighted by Crippen LogP contribution is 2.22. The Morgan fingerprint density at radius 1 is 1.61 bits per heavy atom. The van der Waals surface area contributed by atoms with Gasteiger partial charge in [-0.1, -0.05) is 0 Å². The third kappa shape index (κ3) is 2.73. The molecule has 1 saturated heterocycles. The van der Waals surface area contributed by atoms with Gasteiger partial charge in [0.1, 0.15) is 0 Å². The number of anilines is 2. The van der Waals surface area contributed by atoms with E-state index in [4.69, 9.17) is 15.6 Å². The molecule has 1 fully saturated rings. The van der Waals surface area contributed by atoms with Crippen LogP contribution in [0, 0.1) is 0 Å². The first kappa shape index (κ1) is 12.7. The molecule has 0 aliphatic carbocycles. The lowest BCUT2D eigenvalue weighted by Crippen LogP contribution is -2.30. The maximum atomic E-state index is 10.8. The van der Waals surface area contributed by atoms with Crippen molar-refractivity contribution in [1.29, 1.82) is 0 Å². The summed E-state index contributed by atoms with van der Waals surface area (Å²) in [6.07, 6.45) is 2.36. The van der Waals surface area contributed by atoms with E-state index in [1.807, 2.05) is 0 Å². The van der Waals surface area contributed by atoms with Gasteiger partial charge in [0, 0.05) is 24.0 Å². The Morgan fingerprint density at radius 3 is 2.94 bits per heavy atom. The highest BCUT2D eigenvalue weighted by molar-refractivity contribution is 5.94. The van der Waals surface area contributed by atoms with Gasteiger partial charge in [-0.3, -0.25) is 0 Å². The summed E-state index contributed by atoms with van der Waals surface area (Å²) in [6.45, 7) is 2.87. The number of nitrogens with two attached hydrogens (primary N) is 1. The van der Waals surface area contributed by atoms with Gasteiger partial charge in [-0.15, -0.1) is 0 Å². The lowest BCUT2D eigenvalue weighted by molar-refractivity contribution is 0.0698. The molecule has 0 saturated carbocycles. The van der Waals surface area contributed by atoms with Crippen LogP contribution in [-0.2, 0) is 4.74 Å².